The molecular weight excluding hydrogens is 220 g/mol. The van der Waals surface area contributed by atoms with Gasteiger partial charge in [0.15, 0.2) is 0 Å². The Labute approximate surface area is 102 Å². The number of hydrogen-bond acceptors (Lipinski definition) is 3. The number of amides is 2. The molecule has 3 N–H and O–H groups in total. The topological polar surface area (TPSA) is 78.4 Å². The van der Waals surface area contributed by atoms with Crippen LogP contribution in [0.5, 0.6) is 0 Å². The molecule has 0 bridgehead atoms. The summed E-state index contributed by atoms with van der Waals surface area (Å²) in [5.41, 5.74) is 0. The van der Waals surface area contributed by atoms with Gasteiger partial charge in [-0.2, -0.15) is 0 Å². The Kier molecular flexibility index (Phi) is 5.41. The fourth-order valence-electron chi connectivity index (χ4n) is 2.09. The van der Waals surface area contributed by atoms with Crippen molar-refractivity contribution in [1.82, 2.24) is 10.6 Å². The molecule has 3 atom stereocenters. The van der Waals surface area contributed by atoms with Crippen LogP contribution in [-0.2, 0) is 9.59 Å². The maximum Gasteiger partial charge on any atom is 0.309 e. The van der Waals surface area contributed by atoms with E-state index in [9.17, 15) is 9.59 Å². The van der Waals surface area contributed by atoms with Crippen molar-refractivity contribution in [2.45, 2.75) is 51.7 Å². The Bertz CT molecular complexity index is 279. The lowest BCUT2D eigenvalue weighted by Gasteiger charge is -2.29. The Hall–Kier alpha value is -1.10. The predicted octanol–water partition coefficient (Wildman–Crippen LogP) is 0.178. The third kappa shape index (κ3) is 4.73. The SMILES string of the molecule is CC(O)CNC(=O)C(=O)NC1CCCCC1C. The zero-order chi connectivity index (χ0) is 12.8. The van der Waals surface area contributed by atoms with Crippen molar-refractivity contribution < 1.29 is 14.7 Å². The first-order valence-electron chi connectivity index (χ1n) is 6.27. The third-order valence-corrected chi connectivity index (χ3v) is 3.19. The van der Waals surface area contributed by atoms with Gasteiger partial charge in [-0.1, -0.05) is 19.8 Å². The molecule has 0 aromatic heterocycles. The minimum atomic E-state index is -0.663. The minimum Gasteiger partial charge on any atom is -0.392 e. The van der Waals surface area contributed by atoms with Gasteiger partial charge in [0.25, 0.3) is 0 Å². The lowest BCUT2D eigenvalue weighted by atomic mass is 9.86. The maximum atomic E-state index is 11.6. The summed E-state index contributed by atoms with van der Waals surface area (Å²) in [5, 5.41) is 14.1. The van der Waals surface area contributed by atoms with Gasteiger partial charge in [-0.15, -0.1) is 0 Å². The molecule has 5 nitrogen and oxygen atoms in total. The monoisotopic (exact) mass is 242 g/mol. The van der Waals surface area contributed by atoms with E-state index in [4.69, 9.17) is 5.11 Å². The number of aliphatic hydroxyl groups is 1. The quantitative estimate of drug-likeness (QED) is 0.618. The van der Waals surface area contributed by atoms with Crippen LogP contribution in [0, 0.1) is 5.92 Å². The highest BCUT2D eigenvalue weighted by atomic mass is 16.3. The molecule has 1 aliphatic rings. The molecule has 0 saturated heterocycles. The van der Waals surface area contributed by atoms with Gasteiger partial charge in [0.1, 0.15) is 0 Å². The van der Waals surface area contributed by atoms with Gasteiger partial charge in [0.2, 0.25) is 0 Å². The van der Waals surface area contributed by atoms with Gasteiger partial charge in [0, 0.05) is 12.6 Å². The van der Waals surface area contributed by atoms with Crippen molar-refractivity contribution >= 4 is 11.8 Å². The van der Waals surface area contributed by atoms with E-state index in [0.29, 0.717) is 5.92 Å². The molecule has 0 aromatic carbocycles. The zero-order valence-corrected chi connectivity index (χ0v) is 10.5. The van der Waals surface area contributed by atoms with Crippen LogP contribution in [0.25, 0.3) is 0 Å². The molecule has 0 spiro atoms. The molecule has 17 heavy (non-hydrogen) atoms. The fraction of sp³-hybridized carbons (Fsp3) is 0.833. The molecule has 5 heteroatoms. The average molecular weight is 242 g/mol. The smallest absolute Gasteiger partial charge is 0.309 e. The summed E-state index contributed by atoms with van der Waals surface area (Å²) in [5.74, 6) is -0.828. The normalized spacial score (nSPS) is 26.1. The van der Waals surface area contributed by atoms with Crippen LogP contribution in [0.1, 0.15) is 39.5 Å². The Balaban J connectivity index is 2.34. The number of aliphatic hydroxyl groups excluding tert-OH is 1. The first-order chi connectivity index (χ1) is 8.00. The predicted molar refractivity (Wildman–Crippen MR) is 64.3 cm³/mol. The van der Waals surface area contributed by atoms with E-state index in [2.05, 4.69) is 17.6 Å². The fourth-order valence-corrected chi connectivity index (χ4v) is 2.09. The van der Waals surface area contributed by atoms with Crippen LogP contribution >= 0.6 is 0 Å². The highest BCUT2D eigenvalue weighted by Crippen LogP contribution is 2.23. The molecule has 2 amide bonds. The number of hydrogen-bond donors (Lipinski definition) is 3. The van der Waals surface area contributed by atoms with Crippen LogP contribution in [0.2, 0.25) is 0 Å². The summed E-state index contributed by atoms with van der Waals surface area (Å²) in [7, 11) is 0. The van der Waals surface area contributed by atoms with Gasteiger partial charge >= 0.3 is 11.8 Å². The average Bonchev–Trinajstić information content (AvgIpc) is 2.28. The third-order valence-electron chi connectivity index (χ3n) is 3.19. The Morgan fingerprint density at radius 1 is 1.29 bits per heavy atom. The van der Waals surface area contributed by atoms with Crippen molar-refractivity contribution in [1.29, 1.82) is 0 Å². The Morgan fingerprint density at radius 2 is 1.94 bits per heavy atom. The van der Waals surface area contributed by atoms with Crippen molar-refractivity contribution in [2.24, 2.45) is 5.92 Å². The van der Waals surface area contributed by atoms with Crippen LogP contribution in [0.4, 0.5) is 0 Å². The molecule has 1 rings (SSSR count). The molecule has 1 aliphatic carbocycles. The van der Waals surface area contributed by atoms with E-state index < -0.39 is 17.9 Å². The summed E-state index contributed by atoms with van der Waals surface area (Å²) in [6.45, 7) is 3.76. The molecule has 0 aromatic rings. The highest BCUT2D eigenvalue weighted by molar-refractivity contribution is 6.35. The second-order valence-corrected chi connectivity index (χ2v) is 4.90. The highest BCUT2D eigenvalue weighted by Gasteiger charge is 2.25. The van der Waals surface area contributed by atoms with Crippen LogP contribution in [0.3, 0.4) is 0 Å². The van der Waals surface area contributed by atoms with E-state index in [1.165, 1.54) is 6.42 Å². The minimum absolute atomic E-state index is 0.104. The van der Waals surface area contributed by atoms with E-state index in [-0.39, 0.29) is 12.6 Å². The number of carbonyl (C=O) groups excluding carboxylic acids is 2. The van der Waals surface area contributed by atoms with Gasteiger partial charge in [-0.25, -0.2) is 0 Å². The second kappa shape index (κ2) is 6.59. The molecule has 0 radical (unpaired) electrons. The summed E-state index contributed by atoms with van der Waals surface area (Å²) in [6, 6.07) is 0.105. The van der Waals surface area contributed by atoms with Crippen molar-refractivity contribution in [3.63, 3.8) is 0 Å². The van der Waals surface area contributed by atoms with Crippen molar-refractivity contribution in [2.75, 3.05) is 6.54 Å². The zero-order valence-electron chi connectivity index (χ0n) is 10.5. The summed E-state index contributed by atoms with van der Waals surface area (Å²) >= 11 is 0. The van der Waals surface area contributed by atoms with E-state index in [0.717, 1.165) is 19.3 Å². The lowest BCUT2D eigenvalue weighted by molar-refractivity contribution is -0.140. The standard InChI is InChI=1S/C12H22N2O3/c1-8-5-3-4-6-10(8)14-12(17)11(16)13-7-9(2)15/h8-10,15H,3-7H2,1-2H3,(H,13,16)(H,14,17). The van der Waals surface area contributed by atoms with Crippen LogP contribution in [-0.4, -0.2) is 35.6 Å². The summed E-state index contributed by atoms with van der Waals surface area (Å²) < 4.78 is 0. The number of carbonyl (C=O) groups is 2. The van der Waals surface area contributed by atoms with E-state index in [1.54, 1.807) is 6.92 Å². The largest absolute Gasteiger partial charge is 0.392 e. The molecule has 98 valence electrons. The maximum absolute atomic E-state index is 11.6. The lowest BCUT2D eigenvalue weighted by Crippen LogP contribution is -2.48. The van der Waals surface area contributed by atoms with Crippen molar-refractivity contribution in [3.8, 4) is 0 Å². The van der Waals surface area contributed by atoms with Gasteiger partial charge < -0.3 is 15.7 Å². The van der Waals surface area contributed by atoms with E-state index in [1.807, 2.05) is 0 Å². The Morgan fingerprint density at radius 3 is 2.53 bits per heavy atom. The van der Waals surface area contributed by atoms with Crippen LogP contribution < -0.4 is 10.6 Å². The van der Waals surface area contributed by atoms with Crippen molar-refractivity contribution in [3.05, 3.63) is 0 Å². The van der Waals surface area contributed by atoms with Crippen LogP contribution in [0.15, 0.2) is 0 Å². The van der Waals surface area contributed by atoms with Gasteiger partial charge in [-0.05, 0) is 25.7 Å². The second-order valence-electron chi connectivity index (χ2n) is 4.90. The molecule has 3 unspecified atom stereocenters. The molecule has 1 fully saturated rings. The van der Waals surface area contributed by atoms with Gasteiger partial charge in [0.05, 0.1) is 6.10 Å². The number of rotatable bonds is 3. The molecular formula is C12H22N2O3. The summed E-state index contributed by atoms with van der Waals surface area (Å²) in [6.07, 6.45) is 3.70. The number of nitrogens with one attached hydrogen (secondary N) is 2. The molecule has 0 aliphatic heterocycles. The summed E-state index contributed by atoms with van der Waals surface area (Å²) in [4.78, 5) is 23.0. The van der Waals surface area contributed by atoms with Gasteiger partial charge in [-0.3, -0.25) is 9.59 Å². The first-order valence-corrected chi connectivity index (χ1v) is 6.27. The van der Waals surface area contributed by atoms with E-state index >= 15 is 0 Å². The first kappa shape index (κ1) is 14.0. The molecule has 1 saturated carbocycles. The molecule has 0 heterocycles.